The Kier molecular flexibility index (Phi) is 8.41. The smallest absolute Gasteiger partial charge is 0.305 e. The maximum absolute atomic E-state index is 13.4. The first-order chi connectivity index (χ1) is 16.7. The van der Waals surface area contributed by atoms with Crippen LogP contribution in [0.5, 0.6) is 0 Å². The second-order valence-electron chi connectivity index (χ2n) is 8.72. The number of carboxylic acid groups (broad SMARTS) is 2. The average molecular weight is 511 g/mol. The summed E-state index contributed by atoms with van der Waals surface area (Å²) in [5.74, 6) is -7.38. The third-order valence-corrected chi connectivity index (χ3v) is 6.42. The Morgan fingerprint density at radius 1 is 1.19 bits per heavy atom. The topological polar surface area (TPSA) is 235 Å². The number of nitrogens with one attached hydrogen (secondary N) is 2. The second kappa shape index (κ2) is 10.7. The molecule has 0 bridgehead atoms. The first kappa shape index (κ1) is 28.2. The standard InChI is InChI=1S/C21H30N6O9/c1-4-5-13(28)16(33)24-11(6-14(29)30)17(34)25(2)12(7-15(31)32)18(35)26(3)21-8-10(21)9-27(19(21)36)20(22)23/h4-5,10-13,28H,6-9H2,1-3H3,(H3,22,23)(H,24,33)(H,29,30)(H,31,32)/b5-4-/t10?,11-,12?,13?,21?/m1/s1. The lowest BCUT2D eigenvalue weighted by Crippen LogP contribution is -2.59. The summed E-state index contributed by atoms with van der Waals surface area (Å²) in [6.07, 6.45) is -0.706. The number of carbonyl (C=O) groups is 6. The zero-order valence-corrected chi connectivity index (χ0v) is 20.0. The Balaban J connectivity index is 2.30. The minimum Gasteiger partial charge on any atom is -0.481 e. The molecule has 0 aromatic rings. The molecular formula is C21H30N6O9. The van der Waals surface area contributed by atoms with Crippen LogP contribution in [0.4, 0.5) is 0 Å². The van der Waals surface area contributed by atoms with E-state index in [4.69, 9.17) is 11.1 Å². The number of nitrogens with two attached hydrogens (primary N) is 1. The number of nitrogens with zero attached hydrogens (tertiary/aromatic N) is 3. The van der Waals surface area contributed by atoms with Crippen molar-refractivity contribution in [2.24, 2.45) is 11.7 Å². The van der Waals surface area contributed by atoms with Crippen molar-refractivity contribution in [1.82, 2.24) is 20.0 Å². The summed E-state index contributed by atoms with van der Waals surface area (Å²) in [5.41, 5.74) is 4.10. The van der Waals surface area contributed by atoms with Gasteiger partial charge in [-0.05, 0) is 13.3 Å². The van der Waals surface area contributed by atoms with Gasteiger partial charge in [-0.2, -0.15) is 0 Å². The van der Waals surface area contributed by atoms with Crippen LogP contribution in [0.15, 0.2) is 12.2 Å². The van der Waals surface area contributed by atoms with E-state index in [0.717, 1.165) is 22.9 Å². The number of allylic oxidation sites excluding steroid dienone is 1. The van der Waals surface area contributed by atoms with Crippen molar-refractivity contribution in [3.63, 3.8) is 0 Å². The van der Waals surface area contributed by atoms with Crippen LogP contribution in [0, 0.1) is 11.3 Å². The third kappa shape index (κ3) is 5.45. The van der Waals surface area contributed by atoms with Crippen molar-refractivity contribution >= 4 is 41.5 Å². The van der Waals surface area contributed by atoms with Gasteiger partial charge in [0.1, 0.15) is 17.6 Å². The van der Waals surface area contributed by atoms with E-state index in [9.17, 15) is 44.1 Å². The number of piperidine rings is 1. The molecule has 36 heavy (non-hydrogen) atoms. The van der Waals surface area contributed by atoms with Crippen LogP contribution in [0.1, 0.15) is 26.2 Å². The Morgan fingerprint density at radius 3 is 2.25 bits per heavy atom. The Morgan fingerprint density at radius 2 is 1.78 bits per heavy atom. The van der Waals surface area contributed by atoms with Crippen molar-refractivity contribution in [2.45, 2.75) is 49.9 Å². The fraction of sp³-hybridized carbons (Fsp3) is 0.571. The minimum atomic E-state index is -1.72. The Bertz CT molecular complexity index is 1010. The van der Waals surface area contributed by atoms with Gasteiger partial charge in [0, 0.05) is 26.6 Å². The summed E-state index contributed by atoms with van der Waals surface area (Å²) in [4.78, 5) is 77.1. The quantitative estimate of drug-likeness (QED) is 0.0944. The first-order valence-corrected chi connectivity index (χ1v) is 10.9. The van der Waals surface area contributed by atoms with Crippen LogP contribution in [0.25, 0.3) is 0 Å². The molecule has 2 fully saturated rings. The molecule has 0 aromatic heterocycles. The number of likely N-dealkylation sites (N-methyl/N-ethyl adjacent to an activating group) is 2. The predicted octanol–water partition coefficient (Wildman–Crippen LogP) is -2.86. The molecule has 2 aliphatic rings. The summed E-state index contributed by atoms with van der Waals surface area (Å²) in [6, 6.07) is -3.37. The van der Waals surface area contributed by atoms with Gasteiger partial charge < -0.3 is 36.2 Å². The van der Waals surface area contributed by atoms with Crippen molar-refractivity contribution in [2.75, 3.05) is 20.6 Å². The number of likely N-dealkylation sites (tertiary alicyclic amines) is 1. The van der Waals surface area contributed by atoms with Gasteiger partial charge in [-0.3, -0.25) is 39.1 Å². The van der Waals surface area contributed by atoms with Crippen LogP contribution >= 0.6 is 0 Å². The molecule has 0 radical (unpaired) electrons. The molecule has 7 N–H and O–H groups in total. The van der Waals surface area contributed by atoms with E-state index in [2.05, 4.69) is 5.32 Å². The number of aliphatic carboxylic acids is 2. The lowest BCUT2D eigenvalue weighted by atomic mass is 10.1. The number of carbonyl (C=O) groups excluding carboxylic acids is 4. The number of hydrogen-bond donors (Lipinski definition) is 6. The highest BCUT2D eigenvalue weighted by Crippen LogP contribution is 2.54. The first-order valence-electron chi connectivity index (χ1n) is 10.9. The number of carboxylic acids is 2. The number of guanidine groups is 1. The monoisotopic (exact) mass is 510 g/mol. The highest BCUT2D eigenvalue weighted by atomic mass is 16.4. The predicted molar refractivity (Wildman–Crippen MR) is 121 cm³/mol. The van der Waals surface area contributed by atoms with Crippen LogP contribution in [-0.4, -0.2) is 116 Å². The largest absolute Gasteiger partial charge is 0.481 e. The van der Waals surface area contributed by atoms with Crippen LogP contribution < -0.4 is 11.1 Å². The summed E-state index contributed by atoms with van der Waals surface area (Å²) in [5, 5.41) is 38.0. The molecule has 1 saturated carbocycles. The molecule has 15 heteroatoms. The fourth-order valence-electron chi connectivity index (χ4n) is 4.37. The third-order valence-electron chi connectivity index (χ3n) is 6.42. The van der Waals surface area contributed by atoms with Crippen molar-refractivity contribution in [1.29, 1.82) is 5.41 Å². The van der Waals surface area contributed by atoms with Gasteiger partial charge in [-0.25, -0.2) is 0 Å². The molecule has 4 unspecified atom stereocenters. The van der Waals surface area contributed by atoms with Gasteiger partial charge >= 0.3 is 11.9 Å². The summed E-state index contributed by atoms with van der Waals surface area (Å²) >= 11 is 0. The van der Waals surface area contributed by atoms with E-state index >= 15 is 0 Å². The normalized spacial score (nSPS) is 22.8. The van der Waals surface area contributed by atoms with E-state index in [1.54, 1.807) is 0 Å². The van der Waals surface area contributed by atoms with Crippen LogP contribution in [-0.2, 0) is 28.8 Å². The summed E-state index contributed by atoms with van der Waals surface area (Å²) in [6.45, 7) is 1.64. The number of hydrogen-bond acceptors (Lipinski definition) is 8. The minimum absolute atomic E-state index is 0.116. The Hall–Kier alpha value is -4.01. The number of fused-ring (bicyclic) bond motifs is 1. The van der Waals surface area contributed by atoms with Crippen molar-refractivity contribution in [3.8, 4) is 0 Å². The zero-order chi connectivity index (χ0) is 27.5. The lowest BCUT2D eigenvalue weighted by Gasteiger charge is -2.35. The molecule has 198 valence electrons. The lowest BCUT2D eigenvalue weighted by molar-refractivity contribution is -0.154. The SMILES string of the molecule is C/C=C\C(O)C(=O)N[C@H](CC(=O)O)C(=O)N(C)C(CC(=O)O)C(=O)N(C)C12CC1CN(C(=N)N)C2=O. The highest BCUT2D eigenvalue weighted by Gasteiger charge is 2.71. The van der Waals surface area contributed by atoms with Gasteiger partial charge in [0.15, 0.2) is 12.1 Å². The number of aliphatic hydroxyl groups is 1. The number of amides is 4. The van der Waals surface area contributed by atoms with E-state index in [0.29, 0.717) is 4.90 Å². The maximum Gasteiger partial charge on any atom is 0.305 e. The van der Waals surface area contributed by atoms with Crippen LogP contribution in [0.3, 0.4) is 0 Å². The highest BCUT2D eigenvalue weighted by molar-refractivity contribution is 6.07. The molecule has 0 spiro atoms. The molecule has 1 saturated heterocycles. The molecule has 1 aliphatic heterocycles. The molecule has 5 atom stereocenters. The molecular weight excluding hydrogens is 480 g/mol. The molecule has 4 amide bonds. The summed E-state index contributed by atoms with van der Waals surface area (Å²) < 4.78 is 0. The summed E-state index contributed by atoms with van der Waals surface area (Å²) in [7, 11) is 2.35. The van der Waals surface area contributed by atoms with E-state index in [1.165, 1.54) is 20.0 Å². The molecule has 2 rings (SSSR count). The van der Waals surface area contributed by atoms with Gasteiger partial charge in [-0.15, -0.1) is 0 Å². The van der Waals surface area contributed by atoms with Gasteiger partial charge in [0.25, 0.3) is 11.8 Å². The van der Waals surface area contributed by atoms with E-state index in [-0.39, 0.29) is 18.9 Å². The molecule has 1 heterocycles. The number of rotatable bonds is 11. The second-order valence-corrected chi connectivity index (χ2v) is 8.72. The fourth-order valence-corrected chi connectivity index (χ4v) is 4.37. The van der Waals surface area contributed by atoms with Crippen molar-refractivity contribution < 1.29 is 44.1 Å². The van der Waals surface area contributed by atoms with Gasteiger partial charge in [-0.1, -0.05) is 12.2 Å². The van der Waals surface area contributed by atoms with Crippen molar-refractivity contribution in [3.05, 3.63) is 12.2 Å². The van der Waals surface area contributed by atoms with E-state index in [1.807, 2.05) is 0 Å². The number of aliphatic hydroxyl groups excluding tert-OH is 1. The maximum atomic E-state index is 13.4. The Labute approximate surface area is 206 Å². The molecule has 1 aliphatic carbocycles. The van der Waals surface area contributed by atoms with Crippen LogP contribution in [0.2, 0.25) is 0 Å². The van der Waals surface area contributed by atoms with Gasteiger partial charge in [0.2, 0.25) is 11.8 Å². The zero-order valence-electron chi connectivity index (χ0n) is 20.0. The van der Waals surface area contributed by atoms with E-state index < -0.39 is 78.1 Å². The average Bonchev–Trinajstić information content (AvgIpc) is 3.45. The molecule has 0 aromatic carbocycles. The molecule has 15 nitrogen and oxygen atoms in total. The van der Waals surface area contributed by atoms with Gasteiger partial charge in [0.05, 0.1) is 12.8 Å².